The van der Waals surface area contributed by atoms with Crippen LogP contribution >= 0.6 is 0 Å². The van der Waals surface area contributed by atoms with Crippen molar-refractivity contribution in [3.63, 3.8) is 0 Å². The summed E-state index contributed by atoms with van der Waals surface area (Å²) in [6.45, 7) is 6.68. The van der Waals surface area contributed by atoms with Crippen LogP contribution in [0.1, 0.15) is 46.5 Å². The first kappa shape index (κ1) is 9.94. The van der Waals surface area contributed by atoms with Gasteiger partial charge >= 0.3 is 0 Å². The van der Waals surface area contributed by atoms with E-state index in [4.69, 9.17) is 4.74 Å². The normalized spacial score (nSPS) is 57.6. The molecule has 2 unspecified atom stereocenters. The summed E-state index contributed by atoms with van der Waals surface area (Å²) in [6, 6.07) is 0. The maximum absolute atomic E-state index is 6.40. The molecule has 0 aromatic carbocycles. The summed E-state index contributed by atoms with van der Waals surface area (Å²) >= 11 is 0. The molecule has 0 amide bonds. The second-order valence-corrected chi connectivity index (χ2v) is 7.62. The van der Waals surface area contributed by atoms with Crippen LogP contribution in [0.2, 0.25) is 0 Å². The third-order valence-corrected chi connectivity index (χ3v) is 5.74. The zero-order valence-electron chi connectivity index (χ0n) is 10.8. The lowest BCUT2D eigenvalue weighted by Gasteiger charge is -2.30. The predicted molar refractivity (Wildman–Crippen MR) is 64.0 cm³/mol. The van der Waals surface area contributed by atoms with Gasteiger partial charge in [0, 0.05) is 0 Å². The van der Waals surface area contributed by atoms with E-state index in [2.05, 4.69) is 20.8 Å². The highest BCUT2D eigenvalue weighted by atomic mass is 16.5. The van der Waals surface area contributed by atoms with Crippen molar-refractivity contribution in [3.8, 4) is 0 Å². The molecule has 0 spiro atoms. The molecule has 16 heavy (non-hydrogen) atoms. The Hall–Kier alpha value is -0.0400. The van der Waals surface area contributed by atoms with Crippen molar-refractivity contribution in [2.45, 2.75) is 58.2 Å². The smallest absolute Gasteiger partial charge is 0.0649 e. The minimum absolute atomic E-state index is 0.0679. The van der Waals surface area contributed by atoms with Crippen LogP contribution in [0, 0.1) is 35.5 Å². The van der Waals surface area contributed by atoms with Crippen molar-refractivity contribution in [1.29, 1.82) is 0 Å². The highest BCUT2D eigenvalue weighted by Crippen LogP contribution is 2.79. The first-order chi connectivity index (χ1) is 7.58. The molecule has 0 aromatic rings. The Morgan fingerprint density at radius 2 is 1.38 bits per heavy atom. The zero-order valence-corrected chi connectivity index (χ0v) is 10.8. The van der Waals surface area contributed by atoms with Crippen molar-refractivity contribution >= 4 is 0 Å². The summed E-state index contributed by atoms with van der Waals surface area (Å²) in [7, 11) is 0. The Balaban J connectivity index is 1.61. The third-order valence-electron chi connectivity index (χ3n) is 5.74. The van der Waals surface area contributed by atoms with Crippen LogP contribution in [0.25, 0.3) is 0 Å². The third kappa shape index (κ3) is 1.11. The minimum atomic E-state index is 0.0679. The molecule has 0 heterocycles. The van der Waals surface area contributed by atoms with Gasteiger partial charge < -0.3 is 4.74 Å². The average Bonchev–Trinajstić information content (AvgIpc) is 2.62. The van der Waals surface area contributed by atoms with Crippen LogP contribution in [0.3, 0.4) is 0 Å². The predicted octanol–water partition coefficient (Wildman–Crippen LogP) is 3.48. The Morgan fingerprint density at radius 1 is 0.812 bits per heavy atom. The molecule has 1 nitrogen and oxygen atoms in total. The van der Waals surface area contributed by atoms with Gasteiger partial charge in [-0.05, 0) is 69.1 Å². The molecule has 5 aliphatic carbocycles. The minimum Gasteiger partial charge on any atom is -0.372 e. The molecule has 0 N–H and O–H groups in total. The quantitative estimate of drug-likeness (QED) is 0.657. The molecule has 5 aliphatic rings. The molecular formula is C15H24O. The van der Waals surface area contributed by atoms with Crippen molar-refractivity contribution < 1.29 is 4.74 Å². The molecule has 6 bridgehead atoms. The fourth-order valence-corrected chi connectivity index (χ4v) is 5.63. The number of ether oxygens (including phenoxy) is 1. The fraction of sp³-hybridized carbons (Fsp3) is 1.00. The van der Waals surface area contributed by atoms with Gasteiger partial charge in [-0.3, -0.25) is 0 Å². The van der Waals surface area contributed by atoms with Gasteiger partial charge in [-0.15, -0.1) is 0 Å². The summed E-state index contributed by atoms with van der Waals surface area (Å²) < 4.78 is 6.40. The van der Waals surface area contributed by atoms with Crippen LogP contribution in [-0.2, 0) is 4.74 Å². The van der Waals surface area contributed by atoms with Gasteiger partial charge in [0.1, 0.15) is 0 Å². The lowest BCUT2D eigenvalue weighted by atomic mass is 9.89. The Kier molecular flexibility index (Phi) is 1.77. The van der Waals surface area contributed by atoms with Crippen LogP contribution in [0.15, 0.2) is 0 Å². The average molecular weight is 220 g/mol. The molecule has 5 rings (SSSR count). The first-order valence-corrected chi connectivity index (χ1v) is 7.26. The lowest BCUT2D eigenvalue weighted by Crippen LogP contribution is -2.32. The van der Waals surface area contributed by atoms with E-state index in [1.165, 1.54) is 25.7 Å². The van der Waals surface area contributed by atoms with E-state index in [9.17, 15) is 0 Å². The highest BCUT2D eigenvalue weighted by molar-refractivity contribution is 5.25. The number of rotatable bonds is 1. The monoisotopic (exact) mass is 220 g/mol. The Labute approximate surface area is 98.9 Å². The van der Waals surface area contributed by atoms with Crippen LogP contribution in [-0.4, -0.2) is 11.7 Å². The zero-order chi connectivity index (χ0) is 11.1. The molecular weight excluding hydrogens is 196 g/mol. The van der Waals surface area contributed by atoms with Crippen LogP contribution in [0.5, 0.6) is 0 Å². The van der Waals surface area contributed by atoms with E-state index < -0.39 is 0 Å². The fourth-order valence-electron chi connectivity index (χ4n) is 5.63. The van der Waals surface area contributed by atoms with Crippen LogP contribution in [0.4, 0.5) is 0 Å². The van der Waals surface area contributed by atoms with Crippen molar-refractivity contribution in [2.24, 2.45) is 35.5 Å². The largest absolute Gasteiger partial charge is 0.372 e. The molecule has 0 aromatic heterocycles. The molecule has 0 aliphatic heterocycles. The van der Waals surface area contributed by atoms with Gasteiger partial charge in [-0.2, -0.15) is 0 Å². The van der Waals surface area contributed by atoms with Crippen LogP contribution < -0.4 is 0 Å². The second kappa shape index (κ2) is 2.85. The maximum atomic E-state index is 6.40. The SMILES string of the molecule is CC(C)(C)O[C@@H]1C2[C@@H]3[C@H]2[C@H]2CCCC[C@@H]3C12. The van der Waals surface area contributed by atoms with Gasteiger partial charge in [0.05, 0.1) is 11.7 Å². The van der Waals surface area contributed by atoms with Crippen molar-refractivity contribution in [1.82, 2.24) is 0 Å². The van der Waals surface area contributed by atoms with E-state index in [1.54, 1.807) is 0 Å². The van der Waals surface area contributed by atoms with Crippen molar-refractivity contribution in [2.75, 3.05) is 0 Å². The topological polar surface area (TPSA) is 9.23 Å². The Bertz CT molecular complexity index is 296. The molecule has 90 valence electrons. The summed E-state index contributed by atoms with van der Waals surface area (Å²) in [4.78, 5) is 0. The number of hydrogen-bond donors (Lipinski definition) is 0. The molecule has 5 fully saturated rings. The van der Waals surface area contributed by atoms with E-state index >= 15 is 0 Å². The summed E-state index contributed by atoms with van der Waals surface area (Å²) in [6.07, 6.45) is 6.67. The van der Waals surface area contributed by atoms with Gasteiger partial charge in [0.2, 0.25) is 0 Å². The first-order valence-electron chi connectivity index (χ1n) is 7.26. The Morgan fingerprint density at radius 3 is 1.88 bits per heavy atom. The van der Waals surface area contributed by atoms with Gasteiger partial charge in [-0.1, -0.05) is 12.8 Å². The van der Waals surface area contributed by atoms with E-state index in [0.29, 0.717) is 6.10 Å². The van der Waals surface area contributed by atoms with Gasteiger partial charge in [0.15, 0.2) is 0 Å². The molecule has 5 saturated carbocycles. The maximum Gasteiger partial charge on any atom is 0.0649 e. The van der Waals surface area contributed by atoms with Gasteiger partial charge in [0.25, 0.3) is 0 Å². The van der Waals surface area contributed by atoms with E-state index in [-0.39, 0.29) is 5.60 Å². The summed E-state index contributed by atoms with van der Waals surface area (Å²) in [5.74, 6) is 6.27. The molecule has 1 heteroatoms. The molecule has 0 radical (unpaired) electrons. The standard InChI is InChI=1S/C15H24O/c1-15(2,3)16-14-10-8-6-4-5-7-9(10)12-11(8)13(12)14/h8-14H,4-7H2,1-3H3/t8-,9+,10?,11+,12-,13?,14-/m0/s1. The van der Waals surface area contributed by atoms with E-state index in [0.717, 1.165) is 35.5 Å². The van der Waals surface area contributed by atoms with E-state index in [1.807, 2.05) is 0 Å². The van der Waals surface area contributed by atoms with Gasteiger partial charge in [-0.25, -0.2) is 0 Å². The highest BCUT2D eigenvalue weighted by Gasteiger charge is 2.78. The summed E-state index contributed by atoms with van der Waals surface area (Å²) in [5, 5.41) is 0. The number of hydrogen-bond acceptors (Lipinski definition) is 1. The lowest BCUT2D eigenvalue weighted by molar-refractivity contribution is -0.0831. The second-order valence-electron chi connectivity index (χ2n) is 7.62. The molecule has 0 saturated heterocycles. The molecule has 7 atom stereocenters. The summed E-state index contributed by atoms with van der Waals surface area (Å²) in [5.41, 5.74) is 0.0679. The van der Waals surface area contributed by atoms with Crippen molar-refractivity contribution in [3.05, 3.63) is 0 Å².